The van der Waals surface area contributed by atoms with Crippen molar-refractivity contribution in [3.05, 3.63) is 125 Å². The summed E-state index contributed by atoms with van der Waals surface area (Å²) in [5.41, 5.74) is 0.384. The molecule has 1 N–H and O–H groups in total. The largest absolute Gasteiger partial charge is 0.495 e. The zero-order valence-electron chi connectivity index (χ0n) is 26.1. The third-order valence-corrected chi connectivity index (χ3v) is 9.18. The van der Waals surface area contributed by atoms with Gasteiger partial charge in [-0.1, -0.05) is 78.3 Å². The van der Waals surface area contributed by atoms with Gasteiger partial charge in [-0.2, -0.15) is 0 Å². The Morgan fingerprint density at radius 2 is 1.52 bits per heavy atom. The molecule has 0 spiro atoms. The van der Waals surface area contributed by atoms with Crippen LogP contribution in [0.5, 0.6) is 5.75 Å². The van der Waals surface area contributed by atoms with E-state index >= 15 is 4.39 Å². The van der Waals surface area contributed by atoms with Crippen LogP contribution in [0.3, 0.4) is 0 Å². The lowest BCUT2D eigenvalue weighted by Crippen LogP contribution is -2.56. The van der Waals surface area contributed by atoms with E-state index in [2.05, 4.69) is 5.32 Å². The summed E-state index contributed by atoms with van der Waals surface area (Å²) in [6, 6.07) is 26.0. The molecule has 242 valence electrons. The summed E-state index contributed by atoms with van der Waals surface area (Å²) in [5, 5.41) is 3.08. The number of carbonyl (C=O) groups is 2. The molecule has 0 aromatic heterocycles. The molecule has 46 heavy (non-hydrogen) atoms. The number of ether oxygens (including phenoxy) is 1. The fourth-order valence-electron chi connectivity index (χ4n) is 4.88. The predicted molar refractivity (Wildman–Crippen MR) is 178 cm³/mol. The molecule has 1 atom stereocenters. The zero-order valence-corrected chi connectivity index (χ0v) is 27.7. The van der Waals surface area contributed by atoms with E-state index in [1.54, 1.807) is 24.3 Å². The third-order valence-electron chi connectivity index (χ3n) is 7.10. The van der Waals surface area contributed by atoms with Crippen LogP contribution in [-0.2, 0) is 32.6 Å². The Balaban J connectivity index is 1.84. The van der Waals surface area contributed by atoms with Gasteiger partial charge in [-0.05, 0) is 62.7 Å². The first-order valence-electron chi connectivity index (χ1n) is 14.6. The van der Waals surface area contributed by atoms with E-state index in [1.807, 2.05) is 51.1 Å². The van der Waals surface area contributed by atoms with Crippen molar-refractivity contribution in [1.82, 2.24) is 10.2 Å². The molecule has 0 fully saturated rings. The number of benzene rings is 4. The highest BCUT2D eigenvalue weighted by molar-refractivity contribution is 7.92. The van der Waals surface area contributed by atoms with Crippen LogP contribution in [0.2, 0.25) is 5.02 Å². The predicted octanol–water partition coefficient (Wildman–Crippen LogP) is 6.24. The average molecular weight is 666 g/mol. The van der Waals surface area contributed by atoms with Gasteiger partial charge in [0.05, 0.1) is 22.7 Å². The number of sulfonamides is 1. The lowest BCUT2D eigenvalue weighted by Gasteiger charge is -2.35. The van der Waals surface area contributed by atoms with Crippen LogP contribution in [-0.4, -0.2) is 50.4 Å². The number of amides is 2. The van der Waals surface area contributed by atoms with Gasteiger partial charge in [0.15, 0.2) is 0 Å². The van der Waals surface area contributed by atoms with Gasteiger partial charge in [0.1, 0.15) is 24.2 Å². The first-order valence-corrected chi connectivity index (χ1v) is 16.4. The molecule has 0 heterocycles. The number of nitrogens with zero attached hydrogens (tertiary/aromatic N) is 2. The minimum atomic E-state index is -4.32. The molecule has 2 amide bonds. The molecule has 0 bridgehead atoms. The summed E-state index contributed by atoms with van der Waals surface area (Å²) in [7, 11) is -2.89. The van der Waals surface area contributed by atoms with E-state index in [-0.39, 0.29) is 34.1 Å². The van der Waals surface area contributed by atoms with Crippen molar-refractivity contribution in [2.75, 3.05) is 18.0 Å². The van der Waals surface area contributed by atoms with Gasteiger partial charge in [0.25, 0.3) is 10.0 Å². The maximum absolute atomic E-state index is 15.1. The first kappa shape index (κ1) is 34.5. The Hall–Kier alpha value is -4.41. The highest BCUT2D eigenvalue weighted by Crippen LogP contribution is 2.32. The van der Waals surface area contributed by atoms with Gasteiger partial charge in [-0.25, -0.2) is 12.8 Å². The second-order valence-electron chi connectivity index (χ2n) is 11.7. The first-order chi connectivity index (χ1) is 21.8. The number of anilines is 1. The fourth-order valence-corrected chi connectivity index (χ4v) is 6.55. The molecule has 0 aliphatic rings. The molecule has 0 saturated carbocycles. The van der Waals surface area contributed by atoms with Crippen LogP contribution >= 0.6 is 11.6 Å². The molecule has 11 heteroatoms. The molecule has 4 aromatic rings. The summed E-state index contributed by atoms with van der Waals surface area (Å²) >= 11 is 6.40. The molecule has 1 unspecified atom stereocenters. The van der Waals surface area contributed by atoms with E-state index in [4.69, 9.17) is 16.3 Å². The topological polar surface area (TPSA) is 96.0 Å². The minimum absolute atomic E-state index is 0.0540. The molecule has 0 saturated heterocycles. The van der Waals surface area contributed by atoms with Crippen molar-refractivity contribution in [3.63, 3.8) is 0 Å². The number of halogens is 2. The number of hydrogen-bond donors (Lipinski definition) is 1. The second-order valence-corrected chi connectivity index (χ2v) is 14.0. The quantitative estimate of drug-likeness (QED) is 0.193. The molecule has 0 aliphatic carbocycles. The Kier molecular flexibility index (Phi) is 11.1. The minimum Gasteiger partial charge on any atom is -0.495 e. The SMILES string of the molecule is COc1ccc(N(CC(=O)N(Cc2ccccc2F)C(Cc2ccccc2)C(=O)NC(C)(C)C)S(=O)(=O)c2ccccc2)cc1Cl. The number of nitrogens with one attached hydrogen (secondary N) is 1. The normalized spacial score (nSPS) is 12.2. The van der Waals surface area contributed by atoms with Crippen LogP contribution in [0, 0.1) is 5.82 Å². The molecular weight excluding hydrogens is 629 g/mol. The summed E-state index contributed by atoms with van der Waals surface area (Å²) in [4.78, 5) is 29.6. The van der Waals surface area contributed by atoms with Crippen molar-refractivity contribution < 1.29 is 27.1 Å². The summed E-state index contributed by atoms with van der Waals surface area (Å²) < 4.78 is 49.4. The van der Waals surface area contributed by atoms with E-state index in [9.17, 15) is 18.0 Å². The van der Waals surface area contributed by atoms with Crippen LogP contribution < -0.4 is 14.4 Å². The van der Waals surface area contributed by atoms with Crippen LogP contribution in [0.4, 0.5) is 10.1 Å². The van der Waals surface area contributed by atoms with Crippen molar-refractivity contribution in [3.8, 4) is 5.75 Å². The van der Waals surface area contributed by atoms with Gasteiger partial charge >= 0.3 is 0 Å². The van der Waals surface area contributed by atoms with Crippen LogP contribution in [0.1, 0.15) is 31.9 Å². The van der Waals surface area contributed by atoms with E-state index < -0.39 is 45.8 Å². The number of methoxy groups -OCH3 is 1. The number of hydrogen-bond acceptors (Lipinski definition) is 5. The Morgan fingerprint density at radius 1 is 0.913 bits per heavy atom. The summed E-state index contributed by atoms with van der Waals surface area (Å²) in [5.74, 6) is -1.44. The number of carbonyl (C=O) groups excluding carboxylic acids is 2. The molecule has 4 aromatic carbocycles. The molecule has 0 aliphatic heterocycles. The van der Waals surface area contributed by atoms with Crippen molar-refractivity contribution >= 4 is 39.1 Å². The van der Waals surface area contributed by atoms with E-state index in [1.165, 1.54) is 60.5 Å². The standard InChI is InChI=1S/C35H37ClFN3O5S/c1-35(2,3)38-34(42)31(21-25-13-7-5-8-14-25)39(23-26-15-11-12-18-30(26)37)33(41)24-40(27-19-20-32(45-4)29(36)22-27)46(43,44)28-16-9-6-10-17-28/h5-20,22,31H,21,23-24H2,1-4H3,(H,38,42). The maximum atomic E-state index is 15.1. The molecular formula is C35H37ClFN3O5S. The van der Waals surface area contributed by atoms with Gasteiger partial charge in [0.2, 0.25) is 11.8 Å². The van der Waals surface area contributed by atoms with E-state index in [0.29, 0.717) is 5.75 Å². The Labute approximate surface area is 274 Å². The Morgan fingerprint density at radius 3 is 2.11 bits per heavy atom. The smallest absolute Gasteiger partial charge is 0.264 e. The highest BCUT2D eigenvalue weighted by atomic mass is 35.5. The third kappa shape index (κ3) is 8.64. The van der Waals surface area contributed by atoms with E-state index in [0.717, 1.165) is 9.87 Å². The van der Waals surface area contributed by atoms with Crippen LogP contribution in [0.25, 0.3) is 0 Å². The van der Waals surface area contributed by atoms with Gasteiger partial charge < -0.3 is 15.0 Å². The van der Waals surface area contributed by atoms with Gasteiger partial charge in [-0.3, -0.25) is 13.9 Å². The van der Waals surface area contributed by atoms with Gasteiger partial charge in [-0.15, -0.1) is 0 Å². The summed E-state index contributed by atoms with van der Waals surface area (Å²) in [6.45, 7) is 4.45. The molecule has 0 radical (unpaired) electrons. The Bertz CT molecular complexity index is 1770. The average Bonchev–Trinajstić information content (AvgIpc) is 3.02. The maximum Gasteiger partial charge on any atom is 0.264 e. The highest BCUT2D eigenvalue weighted by Gasteiger charge is 2.36. The van der Waals surface area contributed by atoms with Gasteiger partial charge in [0, 0.05) is 24.1 Å². The van der Waals surface area contributed by atoms with Crippen molar-refractivity contribution in [2.45, 2.75) is 50.2 Å². The summed E-state index contributed by atoms with van der Waals surface area (Å²) in [6.07, 6.45) is 0.0999. The lowest BCUT2D eigenvalue weighted by molar-refractivity contribution is -0.140. The number of rotatable bonds is 12. The van der Waals surface area contributed by atoms with Crippen molar-refractivity contribution in [2.24, 2.45) is 0 Å². The fraction of sp³-hybridized carbons (Fsp3) is 0.257. The second kappa shape index (κ2) is 14.8. The lowest BCUT2D eigenvalue weighted by atomic mass is 10.0. The molecule has 8 nitrogen and oxygen atoms in total. The zero-order chi connectivity index (χ0) is 33.5. The monoisotopic (exact) mass is 665 g/mol. The van der Waals surface area contributed by atoms with Crippen LogP contribution in [0.15, 0.2) is 108 Å². The van der Waals surface area contributed by atoms with Crippen molar-refractivity contribution in [1.29, 1.82) is 0 Å². The molecule has 4 rings (SSSR count).